The maximum atomic E-state index is 10.9. The number of aliphatic carboxylic acids is 1. The van der Waals surface area contributed by atoms with Gasteiger partial charge >= 0.3 is 5.97 Å². The molecule has 1 saturated carbocycles. The molecule has 4 heteroatoms. The highest BCUT2D eigenvalue weighted by Crippen LogP contribution is 2.36. The maximum Gasteiger partial charge on any atom is 0.307 e. The van der Waals surface area contributed by atoms with E-state index in [-0.39, 0.29) is 6.42 Å². The number of hydrogen-bond donors (Lipinski definition) is 1. The van der Waals surface area contributed by atoms with E-state index >= 15 is 0 Å². The SMILES string of the molecule is CCC1CCCC(c2nc(C)c(CC(=O)O)c(C)n2)C1. The highest BCUT2D eigenvalue weighted by atomic mass is 16.4. The van der Waals surface area contributed by atoms with Crippen molar-refractivity contribution >= 4 is 5.97 Å². The Bertz CT molecular complexity index is 476. The molecule has 2 unspecified atom stereocenters. The lowest BCUT2D eigenvalue weighted by Gasteiger charge is -2.28. The van der Waals surface area contributed by atoms with Gasteiger partial charge in [-0.3, -0.25) is 4.79 Å². The number of carboxylic acid groups (broad SMARTS) is 1. The Morgan fingerprint density at radius 2 is 1.90 bits per heavy atom. The number of rotatable bonds is 4. The minimum absolute atomic E-state index is 0.0141. The second-order valence-corrected chi connectivity index (χ2v) is 5.94. The Hall–Kier alpha value is -1.45. The molecule has 0 bridgehead atoms. The van der Waals surface area contributed by atoms with E-state index in [0.29, 0.717) is 5.92 Å². The van der Waals surface area contributed by atoms with Gasteiger partial charge in [-0.05, 0) is 32.6 Å². The normalized spacial score (nSPS) is 22.8. The van der Waals surface area contributed by atoms with Gasteiger partial charge < -0.3 is 5.11 Å². The van der Waals surface area contributed by atoms with Crippen molar-refractivity contribution in [3.8, 4) is 0 Å². The van der Waals surface area contributed by atoms with E-state index in [9.17, 15) is 4.79 Å². The number of aromatic nitrogens is 2. The topological polar surface area (TPSA) is 63.1 Å². The van der Waals surface area contributed by atoms with E-state index in [4.69, 9.17) is 5.11 Å². The summed E-state index contributed by atoms with van der Waals surface area (Å²) >= 11 is 0. The molecular weight excluding hydrogens is 252 g/mol. The molecule has 1 aliphatic rings. The molecule has 4 nitrogen and oxygen atoms in total. The van der Waals surface area contributed by atoms with Crippen LogP contribution in [0.3, 0.4) is 0 Å². The molecule has 0 spiro atoms. The van der Waals surface area contributed by atoms with Gasteiger partial charge in [0.05, 0.1) is 6.42 Å². The first-order chi connectivity index (χ1) is 9.51. The van der Waals surface area contributed by atoms with Crippen molar-refractivity contribution in [1.29, 1.82) is 0 Å². The van der Waals surface area contributed by atoms with Crippen molar-refractivity contribution in [2.24, 2.45) is 5.92 Å². The summed E-state index contributed by atoms with van der Waals surface area (Å²) < 4.78 is 0. The summed E-state index contributed by atoms with van der Waals surface area (Å²) in [5.41, 5.74) is 2.42. The molecule has 0 saturated heterocycles. The van der Waals surface area contributed by atoms with Crippen molar-refractivity contribution in [2.75, 3.05) is 0 Å². The first-order valence-electron chi connectivity index (χ1n) is 7.57. The second kappa shape index (κ2) is 6.33. The second-order valence-electron chi connectivity index (χ2n) is 5.94. The smallest absolute Gasteiger partial charge is 0.307 e. The van der Waals surface area contributed by atoms with E-state index in [2.05, 4.69) is 16.9 Å². The fraction of sp³-hybridized carbons (Fsp3) is 0.688. The van der Waals surface area contributed by atoms with Gasteiger partial charge in [0.1, 0.15) is 5.82 Å². The molecule has 20 heavy (non-hydrogen) atoms. The predicted molar refractivity (Wildman–Crippen MR) is 77.8 cm³/mol. The quantitative estimate of drug-likeness (QED) is 0.915. The van der Waals surface area contributed by atoms with E-state index < -0.39 is 5.97 Å². The zero-order chi connectivity index (χ0) is 14.7. The molecular formula is C16H24N2O2. The highest BCUT2D eigenvalue weighted by molar-refractivity contribution is 5.70. The van der Waals surface area contributed by atoms with Crippen LogP contribution in [0.2, 0.25) is 0 Å². The first kappa shape index (κ1) is 14.9. The largest absolute Gasteiger partial charge is 0.481 e. The fourth-order valence-electron chi connectivity index (χ4n) is 3.25. The van der Waals surface area contributed by atoms with Crippen molar-refractivity contribution < 1.29 is 9.90 Å². The van der Waals surface area contributed by atoms with Crippen LogP contribution in [0.25, 0.3) is 0 Å². The zero-order valence-corrected chi connectivity index (χ0v) is 12.6. The van der Waals surface area contributed by atoms with Gasteiger partial charge in [-0.2, -0.15) is 0 Å². The van der Waals surface area contributed by atoms with Crippen LogP contribution in [-0.4, -0.2) is 21.0 Å². The Balaban J connectivity index is 2.23. The molecule has 110 valence electrons. The summed E-state index contributed by atoms with van der Waals surface area (Å²) in [5, 5.41) is 8.94. The lowest BCUT2D eigenvalue weighted by Crippen LogP contribution is -2.18. The predicted octanol–water partition coefficient (Wildman–Crippen LogP) is 3.40. The van der Waals surface area contributed by atoms with Crippen LogP contribution in [0.15, 0.2) is 0 Å². The molecule has 0 amide bonds. The standard InChI is InChI=1S/C16H24N2O2/c1-4-12-6-5-7-13(8-12)16-17-10(2)14(9-15(19)20)11(3)18-16/h12-13H,4-9H2,1-3H3,(H,19,20). The number of carbonyl (C=O) groups is 1. The molecule has 1 aliphatic carbocycles. The lowest BCUT2D eigenvalue weighted by molar-refractivity contribution is -0.136. The monoisotopic (exact) mass is 276 g/mol. The van der Waals surface area contributed by atoms with Crippen molar-refractivity contribution in [1.82, 2.24) is 9.97 Å². The Morgan fingerprint density at radius 3 is 2.45 bits per heavy atom. The number of nitrogens with zero attached hydrogens (tertiary/aromatic N) is 2. The molecule has 2 atom stereocenters. The molecule has 1 aromatic heterocycles. The van der Waals surface area contributed by atoms with Gasteiger partial charge in [0, 0.05) is 22.9 Å². The van der Waals surface area contributed by atoms with Crippen LogP contribution in [0, 0.1) is 19.8 Å². The summed E-state index contributed by atoms with van der Waals surface area (Å²) in [4.78, 5) is 20.1. The molecule has 0 aromatic carbocycles. The Labute approximate surface area is 120 Å². The third-order valence-corrected chi connectivity index (χ3v) is 4.49. The van der Waals surface area contributed by atoms with Crippen LogP contribution in [0.4, 0.5) is 0 Å². The summed E-state index contributed by atoms with van der Waals surface area (Å²) in [6, 6.07) is 0. The molecule has 0 radical (unpaired) electrons. The van der Waals surface area contributed by atoms with E-state index in [0.717, 1.165) is 35.1 Å². The van der Waals surface area contributed by atoms with Crippen LogP contribution in [0.5, 0.6) is 0 Å². The number of carboxylic acids is 1. The summed E-state index contributed by atoms with van der Waals surface area (Å²) in [6.45, 7) is 6.05. The third-order valence-electron chi connectivity index (χ3n) is 4.49. The van der Waals surface area contributed by atoms with Gasteiger partial charge in [0.25, 0.3) is 0 Å². The van der Waals surface area contributed by atoms with Crippen molar-refractivity contribution in [3.05, 3.63) is 22.8 Å². The molecule has 1 fully saturated rings. The Morgan fingerprint density at radius 1 is 1.25 bits per heavy atom. The van der Waals surface area contributed by atoms with Gasteiger partial charge in [-0.25, -0.2) is 9.97 Å². The zero-order valence-electron chi connectivity index (χ0n) is 12.6. The maximum absolute atomic E-state index is 10.9. The summed E-state index contributed by atoms with van der Waals surface area (Å²) in [6.07, 6.45) is 6.15. The molecule has 0 aliphatic heterocycles. The number of hydrogen-bond acceptors (Lipinski definition) is 3. The minimum Gasteiger partial charge on any atom is -0.481 e. The first-order valence-corrected chi connectivity index (χ1v) is 7.57. The van der Waals surface area contributed by atoms with E-state index in [1.54, 1.807) is 0 Å². The summed E-state index contributed by atoms with van der Waals surface area (Å²) in [5.74, 6) is 1.34. The van der Waals surface area contributed by atoms with Crippen LogP contribution in [-0.2, 0) is 11.2 Å². The summed E-state index contributed by atoms with van der Waals surface area (Å²) in [7, 11) is 0. The fourth-order valence-corrected chi connectivity index (χ4v) is 3.25. The molecule has 1 aromatic rings. The van der Waals surface area contributed by atoms with Gasteiger partial charge in [0.15, 0.2) is 0 Å². The van der Waals surface area contributed by atoms with E-state index in [1.807, 2.05) is 13.8 Å². The minimum atomic E-state index is -0.823. The van der Waals surface area contributed by atoms with Gasteiger partial charge in [-0.1, -0.05) is 26.2 Å². The van der Waals surface area contributed by atoms with E-state index in [1.165, 1.54) is 25.7 Å². The van der Waals surface area contributed by atoms with Crippen molar-refractivity contribution in [2.45, 2.75) is 65.2 Å². The molecule has 2 rings (SSSR count). The highest BCUT2D eigenvalue weighted by Gasteiger charge is 2.25. The average Bonchev–Trinajstić information content (AvgIpc) is 2.42. The van der Waals surface area contributed by atoms with Crippen LogP contribution in [0.1, 0.15) is 67.7 Å². The number of aryl methyl sites for hydroxylation is 2. The molecule has 1 heterocycles. The van der Waals surface area contributed by atoms with Crippen molar-refractivity contribution in [3.63, 3.8) is 0 Å². The van der Waals surface area contributed by atoms with Crippen LogP contribution < -0.4 is 0 Å². The van der Waals surface area contributed by atoms with Gasteiger partial charge in [0.2, 0.25) is 0 Å². The lowest BCUT2D eigenvalue weighted by atomic mass is 9.79. The van der Waals surface area contributed by atoms with Crippen LogP contribution >= 0.6 is 0 Å². The van der Waals surface area contributed by atoms with Gasteiger partial charge in [-0.15, -0.1) is 0 Å². The Kier molecular flexibility index (Phi) is 4.73. The average molecular weight is 276 g/mol. The molecule has 1 N–H and O–H groups in total. The third kappa shape index (κ3) is 3.35.